The number of hydrogen-bond donors (Lipinski definition) is 0. The molecule has 0 spiro atoms. The smallest absolute Gasteiger partial charge is 0.308 e. The summed E-state index contributed by atoms with van der Waals surface area (Å²) in [6.07, 6.45) is 0. The highest BCUT2D eigenvalue weighted by Gasteiger charge is 2.11. The summed E-state index contributed by atoms with van der Waals surface area (Å²) in [5.74, 6) is -0.304. The van der Waals surface area contributed by atoms with Crippen molar-refractivity contribution in [3.05, 3.63) is 40.9 Å². The van der Waals surface area contributed by atoms with Gasteiger partial charge in [0.25, 0.3) is 0 Å². The van der Waals surface area contributed by atoms with Gasteiger partial charge in [-0.25, -0.2) is 0 Å². The molecular formula is C12H9BrO2S. The Morgan fingerprint density at radius 2 is 2.00 bits per heavy atom. The van der Waals surface area contributed by atoms with E-state index < -0.39 is 0 Å². The molecule has 4 heteroatoms. The number of ether oxygens (including phenoxy) is 1. The number of carbonyl (C=O) groups excluding carboxylic acids is 1. The predicted molar refractivity (Wildman–Crippen MR) is 68.8 cm³/mol. The topological polar surface area (TPSA) is 26.3 Å². The van der Waals surface area contributed by atoms with Crippen LogP contribution in [0.5, 0.6) is 5.06 Å². The minimum atomic E-state index is -0.304. The fourth-order valence-corrected chi connectivity index (χ4v) is 2.95. The molecule has 0 saturated carbocycles. The third kappa shape index (κ3) is 2.51. The van der Waals surface area contributed by atoms with Gasteiger partial charge in [0.1, 0.15) is 0 Å². The second-order valence-electron chi connectivity index (χ2n) is 3.21. The van der Waals surface area contributed by atoms with Crippen LogP contribution >= 0.6 is 27.3 Å². The van der Waals surface area contributed by atoms with E-state index in [4.69, 9.17) is 4.74 Å². The molecular weight excluding hydrogens is 288 g/mol. The number of rotatable bonds is 2. The molecule has 0 aliphatic rings. The van der Waals surface area contributed by atoms with E-state index in [2.05, 4.69) is 15.9 Å². The van der Waals surface area contributed by atoms with Gasteiger partial charge in [-0.3, -0.25) is 4.79 Å². The van der Waals surface area contributed by atoms with Crippen LogP contribution in [-0.4, -0.2) is 5.97 Å². The molecule has 0 amide bonds. The molecule has 2 rings (SSSR count). The molecule has 0 aliphatic heterocycles. The van der Waals surface area contributed by atoms with Gasteiger partial charge in [0.05, 0.1) is 4.47 Å². The van der Waals surface area contributed by atoms with Gasteiger partial charge in [-0.15, -0.1) is 0 Å². The zero-order valence-electron chi connectivity index (χ0n) is 8.57. The van der Waals surface area contributed by atoms with E-state index in [-0.39, 0.29) is 5.97 Å². The molecule has 0 aliphatic carbocycles. The molecule has 1 heterocycles. The Labute approximate surface area is 106 Å². The average molecular weight is 297 g/mol. The molecule has 0 saturated heterocycles. The second-order valence-corrected chi connectivity index (χ2v) is 5.07. The predicted octanol–water partition coefficient (Wildman–Crippen LogP) is 4.10. The molecule has 2 nitrogen and oxygen atoms in total. The van der Waals surface area contributed by atoms with Crippen LogP contribution in [0, 0.1) is 0 Å². The maximum Gasteiger partial charge on any atom is 0.308 e. The van der Waals surface area contributed by atoms with Gasteiger partial charge in [-0.1, -0.05) is 41.7 Å². The quantitative estimate of drug-likeness (QED) is 0.780. The van der Waals surface area contributed by atoms with Crippen LogP contribution in [0.15, 0.2) is 40.9 Å². The second kappa shape index (κ2) is 4.80. The van der Waals surface area contributed by atoms with Crippen molar-refractivity contribution in [3.8, 4) is 15.5 Å². The lowest BCUT2D eigenvalue weighted by atomic mass is 10.2. The molecule has 82 valence electrons. The number of hydrogen-bond acceptors (Lipinski definition) is 3. The zero-order chi connectivity index (χ0) is 11.5. The van der Waals surface area contributed by atoms with Gasteiger partial charge < -0.3 is 4.74 Å². The van der Waals surface area contributed by atoms with E-state index in [9.17, 15) is 4.79 Å². The van der Waals surface area contributed by atoms with Crippen LogP contribution in [0.1, 0.15) is 6.92 Å². The summed E-state index contributed by atoms with van der Waals surface area (Å²) in [5.41, 5.74) is 1.12. The van der Waals surface area contributed by atoms with Crippen molar-refractivity contribution >= 4 is 33.2 Å². The Morgan fingerprint density at radius 1 is 1.31 bits per heavy atom. The SMILES string of the molecule is CC(=O)Oc1sc(-c2ccccc2)cc1Br. The van der Waals surface area contributed by atoms with E-state index in [1.807, 2.05) is 36.4 Å². The Kier molecular flexibility index (Phi) is 3.41. The Hall–Kier alpha value is -1.13. The molecule has 1 aromatic carbocycles. The Balaban J connectivity index is 2.34. The van der Waals surface area contributed by atoms with Gasteiger partial charge >= 0.3 is 5.97 Å². The summed E-state index contributed by atoms with van der Waals surface area (Å²) in [5, 5.41) is 0.603. The number of carbonyl (C=O) groups is 1. The molecule has 2 aromatic rings. The summed E-state index contributed by atoms with van der Waals surface area (Å²) in [7, 11) is 0. The fourth-order valence-electron chi connectivity index (χ4n) is 1.30. The summed E-state index contributed by atoms with van der Waals surface area (Å²) in [6, 6.07) is 11.9. The van der Waals surface area contributed by atoms with Crippen molar-refractivity contribution in [2.75, 3.05) is 0 Å². The molecule has 0 unspecified atom stereocenters. The summed E-state index contributed by atoms with van der Waals surface area (Å²) in [4.78, 5) is 11.9. The molecule has 0 N–H and O–H groups in total. The van der Waals surface area contributed by atoms with E-state index in [1.165, 1.54) is 18.3 Å². The standard InChI is InChI=1S/C12H9BrO2S/c1-8(14)15-12-10(13)7-11(16-12)9-5-3-2-4-6-9/h2-7H,1H3. The first-order chi connectivity index (χ1) is 7.66. The largest absolute Gasteiger partial charge is 0.414 e. The highest BCUT2D eigenvalue weighted by atomic mass is 79.9. The van der Waals surface area contributed by atoms with Crippen molar-refractivity contribution in [2.45, 2.75) is 6.92 Å². The van der Waals surface area contributed by atoms with Crippen molar-refractivity contribution in [2.24, 2.45) is 0 Å². The van der Waals surface area contributed by atoms with Gasteiger partial charge in [0, 0.05) is 11.8 Å². The van der Waals surface area contributed by atoms with Gasteiger partial charge in [-0.2, -0.15) is 0 Å². The normalized spacial score (nSPS) is 10.1. The first-order valence-electron chi connectivity index (χ1n) is 4.70. The molecule has 0 atom stereocenters. The third-order valence-electron chi connectivity index (χ3n) is 1.95. The summed E-state index contributed by atoms with van der Waals surface area (Å²) >= 11 is 4.83. The number of thiophene rings is 1. The van der Waals surface area contributed by atoms with Crippen molar-refractivity contribution in [1.82, 2.24) is 0 Å². The van der Waals surface area contributed by atoms with E-state index in [0.717, 1.165) is 14.9 Å². The van der Waals surface area contributed by atoms with E-state index in [1.54, 1.807) is 0 Å². The van der Waals surface area contributed by atoms with Gasteiger partial charge in [0.15, 0.2) is 5.06 Å². The van der Waals surface area contributed by atoms with Crippen molar-refractivity contribution < 1.29 is 9.53 Å². The van der Waals surface area contributed by atoms with Gasteiger partial charge in [0.2, 0.25) is 0 Å². The molecule has 0 fully saturated rings. The summed E-state index contributed by atoms with van der Waals surface area (Å²) < 4.78 is 5.89. The Morgan fingerprint density at radius 3 is 2.62 bits per heavy atom. The van der Waals surface area contributed by atoms with Crippen LogP contribution < -0.4 is 4.74 Å². The van der Waals surface area contributed by atoms with Crippen molar-refractivity contribution in [3.63, 3.8) is 0 Å². The number of benzene rings is 1. The van der Waals surface area contributed by atoms with Crippen LogP contribution in [0.2, 0.25) is 0 Å². The monoisotopic (exact) mass is 296 g/mol. The van der Waals surface area contributed by atoms with Crippen LogP contribution in [-0.2, 0) is 4.79 Å². The molecule has 0 radical (unpaired) electrons. The Bertz CT molecular complexity index is 505. The zero-order valence-corrected chi connectivity index (χ0v) is 11.0. The number of halogens is 1. The maximum absolute atomic E-state index is 10.9. The molecule has 1 aromatic heterocycles. The first-order valence-corrected chi connectivity index (χ1v) is 6.31. The molecule has 16 heavy (non-hydrogen) atoms. The van der Waals surface area contributed by atoms with Crippen LogP contribution in [0.4, 0.5) is 0 Å². The highest BCUT2D eigenvalue weighted by molar-refractivity contribution is 9.10. The minimum absolute atomic E-state index is 0.304. The minimum Gasteiger partial charge on any atom is -0.414 e. The third-order valence-corrected chi connectivity index (χ3v) is 3.86. The molecule has 0 bridgehead atoms. The van der Waals surface area contributed by atoms with E-state index in [0.29, 0.717) is 5.06 Å². The van der Waals surface area contributed by atoms with Crippen LogP contribution in [0.25, 0.3) is 10.4 Å². The maximum atomic E-state index is 10.9. The van der Waals surface area contributed by atoms with Crippen LogP contribution in [0.3, 0.4) is 0 Å². The van der Waals surface area contributed by atoms with E-state index >= 15 is 0 Å². The average Bonchev–Trinajstić information content (AvgIpc) is 2.61. The number of esters is 1. The lowest BCUT2D eigenvalue weighted by molar-refractivity contribution is -0.131. The fraction of sp³-hybridized carbons (Fsp3) is 0.0833. The first kappa shape index (κ1) is 11.4. The highest BCUT2D eigenvalue weighted by Crippen LogP contribution is 2.40. The summed E-state index contributed by atoms with van der Waals surface area (Å²) in [6.45, 7) is 1.40. The van der Waals surface area contributed by atoms with Crippen molar-refractivity contribution in [1.29, 1.82) is 0 Å². The van der Waals surface area contributed by atoms with Gasteiger partial charge in [-0.05, 0) is 27.6 Å². The lowest BCUT2D eigenvalue weighted by Crippen LogP contribution is -1.99. The lowest BCUT2D eigenvalue weighted by Gasteiger charge is -1.96.